The van der Waals surface area contributed by atoms with Crippen LogP contribution in [0.2, 0.25) is 0 Å². The standard InChI is InChI=1S/C23H28N2O5S/c1-5-29-22(27)15-24(3)12-13-30-20-11-10-17(28-4)14-18(20)23-25(16(2)26)19-8-6-7-9-21(19)31-23/h6-11,14,23H,5,12-13,15H2,1-4H3. The number of carbonyl (C=O) groups excluding carboxylic acids is 2. The molecule has 0 saturated heterocycles. The highest BCUT2D eigenvalue weighted by atomic mass is 32.2. The van der Waals surface area contributed by atoms with Crippen LogP contribution in [-0.2, 0) is 14.3 Å². The van der Waals surface area contributed by atoms with Gasteiger partial charge in [0.25, 0.3) is 0 Å². The Kier molecular flexibility index (Phi) is 7.81. The second kappa shape index (κ2) is 10.5. The quantitative estimate of drug-likeness (QED) is 0.546. The molecule has 0 saturated carbocycles. The molecular weight excluding hydrogens is 416 g/mol. The van der Waals surface area contributed by atoms with Gasteiger partial charge in [-0.15, -0.1) is 0 Å². The van der Waals surface area contributed by atoms with Gasteiger partial charge >= 0.3 is 5.97 Å². The van der Waals surface area contributed by atoms with Gasteiger partial charge in [0.1, 0.15) is 23.5 Å². The third-order valence-corrected chi connectivity index (χ3v) is 6.14. The van der Waals surface area contributed by atoms with Crippen LogP contribution in [0.25, 0.3) is 0 Å². The maximum Gasteiger partial charge on any atom is 0.320 e. The zero-order valence-corrected chi connectivity index (χ0v) is 19.1. The molecule has 2 aromatic rings. The number of hydrogen-bond acceptors (Lipinski definition) is 7. The summed E-state index contributed by atoms with van der Waals surface area (Å²) in [5.41, 5.74) is 1.76. The molecule has 0 radical (unpaired) electrons. The molecule has 7 nitrogen and oxygen atoms in total. The minimum absolute atomic E-state index is 0.0367. The summed E-state index contributed by atoms with van der Waals surface area (Å²) in [4.78, 5) is 28.8. The van der Waals surface area contributed by atoms with E-state index in [1.165, 1.54) is 0 Å². The van der Waals surface area contributed by atoms with Gasteiger partial charge in [0.2, 0.25) is 5.91 Å². The summed E-state index contributed by atoms with van der Waals surface area (Å²) in [7, 11) is 3.46. The first-order valence-electron chi connectivity index (χ1n) is 10.1. The van der Waals surface area contributed by atoms with Crippen LogP contribution in [0.4, 0.5) is 5.69 Å². The van der Waals surface area contributed by atoms with Crippen LogP contribution in [0.5, 0.6) is 11.5 Å². The van der Waals surface area contributed by atoms with Crippen molar-refractivity contribution < 1.29 is 23.8 Å². The largest absolute Gasteiger partial charge is 0.497 e. The van der Waals surface area contributed by atoms with Crippen molar-refractivity contribution in [1.82, 2.24) is 4.90 Å². The minimum atomic E-state index is -0.257. The van der Waals surface area contributed by atoms with Crippen LogP contribution < -0.4 is 14.4 Å². The first kappa shape index (κ1) is 23.0. The summed E-state index contributed by atoms with van der Waals surface area (Å²) in [5.74, 6) is 1.08. The first-order valence-corrected chi connectivity index (χ1v) is 11.0. The molecule has 1 unspecified atom stereocenters. The monoisotopic (exact) mass is 444 g/mol. The summed E-state index contributed by atoms with van der Waals surface area (Å²) >= 11 is 1.61. The molecule has 1 atom stereocenters. The number of ether oxygens (including phenoxy) is 3. The third-order valence-electron chi connectivity index (χ3n) is 4.86. The number of thioether (sulfide) groups is 1. The fourth-order valence-electron chi connectivity index (χ4n) is 3.39. The SMILES string of the molecule is CCOC(=O)CN(C)CCOc1ccc(OC)cc1C1Sc2ccccc2N1C(C)=O. The molecule has 1 aliphatic rings. The molecule has 2 aromatic carbocycles. The molecule has 0 N–H and O–H groups in total. The molecular formula is C23H28N2O5S. The van der Waals surface area contributed by atoms with Gasteiger partial charge in [-0.3, -0.25) is 19.4 Å². The third kappa shape index (κ3) is 5.51. The maximum atomic E-state index is 12.5. The molecule has 166 valence electrons. The second-order valence-electron chi connectivity index (χ2n) is 7.12. The number of nitrogens with zero attached hydrogens (tertiary/aromatic N) is 2. The summed E-state index contributed by atoms with van der Waals surface area (Å²) < 4.78 is 16.5. The van der Waals surface area contributed by atoms with Crippen LogP contribution in [0.15, 0.2) is 47.4 Å². The van der Waals surface area contributed by atoms with Crippen molar-refractivity contribution in [2.45, 2.75) is 24.1 Å². The number of hydrogen-bond donors (Lipinski definition) is 0. The summed E-state index contributed by atoms with van der Waals surface area (Å²) in [6.45, 7) is 4.88. The topological polar surface area (TPSA) is 68.3 Å². The maximum absolute atomic E-state index is 12.5. The van der Waals surface area contributed by atoms with Gasteiger partial charge in [0, 0.05) is 23.9 Å². The molecule has 0 spiro atoms. The predicted molar refractivity (Wildman–Crippen MR) is 121 cm³/mol. The van der Waals surface area contributed by atoms with Crippen LogP contribution in [0.1, 0.15) is 24.8 Å². The Hall–Kier alpha value is -2.71. The number of esters is 1. The van der Waals surface area contributed by atoms with E-state index in [0.717, 1.165) is 16.1 Å². The van der Waals surface area contributed by atoms with Gasteiger partial charge in [-0.25, -0.2) is 0 Å². The van der Waals surface area contributed by atoms with Gasteiger partial charge in [0.15, 0.2) is 0 Å². The molecule has 0 bridgehead atoms. The van der Waals surface area contributed by atoms with Gasteiger partial charge in [-0.2, -0.15) is 0 Å². The average Bonchev–Trinajstić information content (AvgIpc) is 3.13. The van der Waals surface area contributed by atoms with E-state index in [0.29, 0.717) is 31.3 Å². The lowest BCUT2D eigenvalue weighted by molar-refractivity contribution is -0.144. The van der Waals surface area contributed by atoms with Gasteiger partial charge < -0.3 is 14.2 Å². The number of anilines is 1. The first-order chi connectivity index (χ1) is 14.9. The fourth-order valence-corrected chi connectivity index (χ4v) is 4.75. The van der Waals surface area contributed by atoms with Crippen molar-refractivity contribution in [2.24, 2.45) is 0 Å². The van der Waals surface area contributed by atoms with Crippen LogP contribution in [-0.4, -0.2) is 57.2 Å². The van der Waals surface area contributed by atoms with E-state index in [2.05, 4.69) is 0 Å². The van der Waals surface area contributed by atoms with E-state index < -0.39 is 0 Å². The van der Waals surface area contributed by atoms with Crippen LogP contribution >= 0.6 is 11.8 Å². The lowest BCUT2D eigenvalue weighted by Gasteiger charge is -2.26. The van der Waals surface area contributed by atoms with E-state index in [1.807, 2.05) is 54.4 Å². The smallest absolute Gasteiger partial charge is 0.320 e. The Balaban J connectivity index is 1.78. The molecule has 0 aliphatic carbocycles. The summed E-state index contributed by atoms with van der Waals surface area (Å²) in [5, 5.41) is -0.253. The Labute approximate surface area is 187 Å². The molecule has 3 rings (SSSR count). The number of para-hydroxylation sites is 1. The molecule has 0 fully saturated rings. The van der Waals surface area contributed by atoms with E-state index in [9.17, 15) is 9.59 Å². The molecule has 1 amide bonds. The summed E-state index contributed by atoms with van der Waals surface area (Å²) in [6, 6.07) is 13.5. The highest BCUT2D eigenvalue weighted by Gasteiger charge is 2.35. The second-order valence-corrected chi connectivity index (χ2v) is 8.24. The van der Waals surface area contributed by atoms with Crippen LogP contribution in [0, 0.1) is 0 Å². The minimum Gasteiger partial charge on any atom is -0.497 e. The van der Waals surface area contributed by atoms with Crippen molar-refractivity contribution in [1.29, 1.82) is 0 Å². The lowest BCUT2D eigenvalue weighted by atomic mass is 10.1. The van der Waals surface area contributed by atoms with E-state index in [4.69, 9.17) is 14.2 Å². The number of methoxy groups -OCH3 is 1. The highest BCUT2D eigenvalue weighted by molar-refractivity contribution is 8.00. The van der Waals surface area contributed by atoms with Crippen molar-refractivity contribution in [2.75, 3.05) is 45.4 Å². The fraction of sp³-hybridized carbons (Fsp3) is 0.391. The van der Waals surface area contributed by atoms with Gasteiger partial charge in [-0.05, 0) is 44.3 Å². The number of fused-ring (bicyclic) bond motifs is 1. The van der Waals surface area contributed by atoms with E-state index >= 15 is 0 Å². The van der Waals surface area contributed by atoms with Gasteiger partial charge in [-0.1, -0.05) is 23.9 Å². The lowest BCUT2D eigenvalue weighted by Crippen LogP contribution is -2.31. The number of amides is 1. The Morgan fingerprint density at radius 1 is 1.19 bits per heavy atom. The van der Waals surface area contributed by atoms with Crippen LogP contribution in [0.3, 0.4) is 0 Å². The molecule has 31 heavy (non-hydrogen) atoms. The van der Waals surface area contributed by atoms with Gasteiger partial charge in [0.05, 0.1) is 25.9 Å². The predicted octanol–water partition coefficient (Wildman–Crippen LogP) is 3.73. The molecule has 8 heteroatoms. The Bertz CT molecular complexity index is 936. The van der Waals surface area contributed by atoms with Crippen molar-refractivity contribution in [3.8, 4) is 11.5 Å². The van der Waals surface area contributed by atoms with Crippen molar-refractivity contribution in [3.05, 3.63) is 48.0 Å². The zero-order valence-electron chi connectivity index (χ0n) is 18.3. The van der Waals surface area contributed by atoms with Crippen molar-refractivity contribution >= 4 is 29.3 Å². The number of carbonyl (C=O) groups is 2. The Morgan fingerprint density at radius 2 is 1.97 bits per heavy atom. The number of likely N-dealkylation sites (N-methyl/N-ethyl adjacent to an activating group) is 1. The highest BCUT2D eigenvalue weighted by Crippen LogP contribution is 2.53. The zero-order chi connectivity index (χ0) is 22.4. The molecule has 1 aliphatic heterocycles. The number of benzene rings is 2. The summed E-state index contributed by atoms with van der Waals surface area (Å²) in [6.07, 6.45) is 0. The van der Waals surface area contributed by atoms with E-state index in [-0.39, 0.29) is 23.8 Å². The normalized spacial score (nSPS) is 15.0. The Morgan fingerprint density at radius 3 is 2.68 bits per heavy atom. The van der Waals surface area contributed by atoms with E-state index in [1.54, 1.807) is 37.6 Å². The average molecular weight is 445 g/mol. The number of rotatable bonds is 9. The molecule has 0 aromatic heterocycles. The van der Waals surface area contributed by atoms with Crippen molar-refractivity contribution in [3.63, 3.8) is 0 Å². The molecule has 1 heterocycles.